The number of nitrogens with zero attached hydrogens (tertiary/aromatic N) is 2. The van der Waals surface area contributed by atoms with Gasteiger partial charge in [-0.05, 0) is 62.3 Å². The van der Waals surface area contributed by atoms with E-state index in [-0.39, 0.29) is 12.0 Å². The van der Waals surface area contributed by atoms with Crippen LogP contribution in [0.15, 0.2) is 36.5 Å². The van der Waals surface area contributed by atoms with Crippen LogP contribution in [0.3, 0.4) is 0 Å². The van der Waals surface area contributed by atoms with E-state index in [4.69, 9.17) is 4.74 Å². The highest BCUT2D eigenvalue weighted by atomic mass is 16.6. The summed E-state index contributed by atoms with van der Waals surface area (Å²) in [6.07, 6.45) is 4.24. The van der Waals surface area contributed by atoms with Gasteiger partial charge in [0.1, 0.15) is 5.60 Å². The van der Waals surface area contributed by atoms with Gasteiger partial charge in [-0.3, -0.25) is 4.90 Å². The van der Waals surface area contributed by atoms with E-state index in [9.17, 15) is 9.90 Å². The van der Waals surface area contributed by atoms with Crippen LogP contribution in [0.5, 0.6) is 5.88 Å². The van der Waals surface area contributed by atoms with Crippen molar-refractivity contribution < 1.29 is 14.6 Å². The molecule has 5 heteroatoms. The van der Waals surface area contributed by atoms with Gasteiger partial charge in [-0.1, -0.05) is 19.1 Å². The third-order valence-electron chi connectivity index (χ3n) is 4.15. The molecule has 0 saturated carbocycles. The SMILES string of the molecule is CC1CC=C(c2ccc3c(O)nccc3c2)N(C(=O)OC(C)(C)C)C1. The van der Waals surface area contributed by atoms with E-state index in [0.717, 1.165) is 23.1 Å². The van der Waals surface area contributed by atoms with Crippen molar-refractivity contribution in [3.05, 3.63) is 42.1 Å². The summed E-state index contributed by atoms with van der Waals surface area (Å²) in [5.74, 6) is 0.393. The second kappa shape index (κ2) is 6.39. The molecule has 0 saturated heterocycles. The van der Waals surface area contributed by atoms with Gasteiger partial charge in [0.15, 0.2) is 0 Å². The molecule has 1 aromatic carbocycles. The summed E-state index contributed by atoms with van der Waals surface area (Å²) in [4.78, 5) is 18.3. The van der Waals surface area contributed by atoms with E-state index in [1.165, 1.54) is 0 Å². The number of fused-ring (bicyclic) bond motifs is 1. The molecule has 0 spiro atoms. The molecule has 2 aromatic rings. The molecule has 0 bridgehead atoms. The van der Waals surface area contributed by atoms with E-state index < -0.39 is 5.60 Å². The van der Waals surface area contributed by atoms with Gasteiger partial charge in [0, 0.05) is 18.1 Å². The minimum atomic E-state index is -0.538. The Hall–Kier alpha value is -2.56. The average Bonchev–Trinajstić information content (AvgIpc) is 2.53. The van der Waals surface area contributed by atoms with Crippen molar-refractivity contribution in [2.45, 2.75) is 39.7 Å². The maximum atomic E-state index is 12.7. The number of benzene rings is 1. The van der Waals surface area contributed by atoms with Crippen molar-refractivity contribution in [2.24, 2.45) is 5.92 Å². The predicted octanol–water partition coefficient (Wildman–Crippen LogP) is 4.56. The number of aromatic hydroxyl groups is 1. The molecule has 1 unspecified atom stereocenters. The number of aromatic nitrogens is 1. The minimum absolute atomic E-state index is 0.0132. The molecule has 1 amide bonds. The number of hydrogen-bond donors (Lipinski definition) is 1. The molecule has 132 valence electrons. The van der Waals surface area contributed by atoms with Crippen LogP contribution >= 0.6 is 0 Å². The highest BCUT2D eigenvalue weighted by Gasteiger charge is 2.29. The number of rotatable bonds is 1. The lowest BCUT2D eigenvalue weighted by Gasteiger charge is -2.34. The topological polar surface area (TPSA) is 62.7 Å². The molecular weight excluding hydrogens is 316 g/mol. The van der Waals surface area contributed by atoms with Gasteiger partial charge in [-0.2, -0.15) is 0 Å². The summed E-state index contributed by atoms with van der Waals surface area (Å²) in [5, 5.41) is 11.4. The third-order valence-corrected chi connectivity index (χ3v) is 4.15. The van der Waals surface area contributed by atoms with Gasteiger partial charge in [-0.15, -0.1) is 0 Å². The molecule has 2 heterocycles. The molecule has 25 heavy (non-hydrogen) atoms. The minimum Gasteiger partial charge on any atom is -0.493 e. The van der Waals surface area contributed by atoms with E-state index in [1.807, 2.05) is 45.0 Å². The summed E-state index contributed by atoms with van der Waals surface area (Å²) in [6.45, 7) is 8.35. The van der Waals surface area contributed by atoms with E-state index in [2.05, 4.69) is 18.0 Å². The molecule has 0 radical (unpaired) electrons. The van der Waals surface area contributed by atoms with Gasteiger partial charge in [-0.25, -0.2) is 9.78 Å². The number of ether oxygens (including phenoxy) is 1. The Kier molecular flexibility index (Phi) is 4.41. The molecule has 0 aliphatic carbocycles. The van der Waals surface area contributed by atoms with Gasteiger partial charge in [0.25, 0.3) is 0 Å². The first-order valence-corrected chi connectivity index (χ1v) is 8.53. The number of amides is 1. The fourth-order valence-corrected chi connectivity index (χ4v) is 2.99. The Labute approximate surface area is 147 Å². The van der Waals surface area contributed by atoms with Crippen molar-refractivity contribution in [3.63, 3.8) is 0 Å². The Bertz CT molecular complexity index is 836. The Morgan fingerprint density at radius 1 is 1.32 bits per heavy atom. The summed E-state index contributed by atoms with van der Waals surface area (Å²) in [7, 11) is 0. The molecule has 0 fully saturated rings. The van der Waals surface area contributed by atoms with Crippen LogP contribution in [0.25, 0.3) is 16.5 Å². The molecule has 1 N–H and O–H groups in total. The zero-order chi connectivity index (χ0) is 18.2. The molecule has 3 rings (SSSR count). The quantitative estimate of drug-likeness (QED) is 0.827. The fourth-order valence-electron chi connectivity index (χ4n) is 2.99. The number of allylic oxidation sites excluding steroid dienone is 1. The molecule has 1 aromatic heterocycles. The normalized spacial score (nSPS) is 18.2. The standard InChI is InChI=1S/C20H24N2O3/c1-13-5-8-17(22(12-13)19(24)25-20(2,3)4)15-6-7-16-14(11-15)9-10-21-18(16)23/h6-11,13H,5,12H2,1-4H3,(H,21,23). The van der Waals surface area contributed by atoms with E-state index in [0.29, 0.717) is 17.8 Å². The highest BCUT2D eigenvalue weighted by Crippen LogP contribution is 2.32. The maximum absolute atomic E-state index is 12.7. The lowest BCUT2D eigenvalue weighted by atomic mass is 9.97. The van der Waals surface area contributed by atoms with Crippen LogP contribution in [0, 0.1) is 5.92 Å². The van der Waals surface area contributed by atoms with Gasteiger partial charge in [0.2, 0.25) is 5.88 Å². The van der Waals surface area contributed by atoms with Crippen LogP contribution in [0.4, 0.5) is 4.79 Å². The first-order chi connectivity index (χ1) is 11.7. The predicted molar refractivity (Wildman–Crippen MR) is 98.1 cm³/mol. The van der Waals surface area contributed by atoms with Gasteiger partial charge < -0.3 is 9.84 Å². The Morgan fingerprint density at radius 3 is 2.80 bits per heavy atom. The van der Waals surface area contributed by atoms with Crippen LogP contribution in [0.2, 0.25) is 0 Å². The van der Waals surface area contributed by atoms with Gasteiger partial charge in [0.05, 0.1) is 5.70 Å². The van der Waals surface area contributed by atoms with Crippen LogP contribution in [-0.2, 0) is 4.74 Å². The second-order valence-corrected chi connectivity index (χ2v) is 7.59. The van der Waals surface area contributed by atoms with Crippen LogP contribution in [0.1, 0.15) is 39.7 Å². The largest absolute Gasteiger partial charge is 0.493 e. The first kappa shape index (κ1) is 17.3. The molecule has 1 aliphatic rings. The zero-order valence-electron chi connectivity index (χ0n) is 15.1. The van der Waals surface area contributed by atoms with E-state index >= 15 is 0 Å². The maximum Gasteiger partial charge on any atom is 0.414 e. The van der Waals surface area contributed by atoms with Gasteiger partial charge >= 0.3 is 6.09 Å². The van der Waals surface area contributed by atoms with Crippen molar-refractivity contribution in [1.82, 2.24) is 9.88 Å². The second-order valence-electron chi connectivity index (χ2n) is 7.59. The summed E-state index contributed by atoms with van der Waals surface area (Å²) in [5.41, 5.74) is 1.24. The lowest BCUT2D eigenvalue weighted by molar-refractivity contribution is 0.0327. The first-order valence-electron chi connectivity index (χ1n) is 8.53. The van der Waals surface area contributed by atoms with Crippen molar-refractivity contribution in [3.8, 4) is 5.88 Å². The molecular formula is C20H24N2O3. The summed E-state index contributed by atoms with van der Waals surface area (Å²) < 4.78 is 5.58. The lowest BCUT2D eigenvalue weighted by Crippen LogP contribution is -2.39. The summed E-state index contributed by atoms with van der Waals surface area (Å²) >= 11 is 0. The number of pyridine rings is 1. The third kappa shape index (κ3) is 3.76. The molecule has 5 nitrogen and oxygen atoms in total. The van der Waals surface area contributed by atoms with Crippen LogP contribution in [-0.4, -0.2) is 33.2 Å². The highest BCUT2D eigenvalue weighted by molar-refractivity contribution is 5.91. The smallest absolute Gasteiger partial charge is 0.414 e. The van der Waals surface area contributed by atoms with Crippen molar-refractivity contribution in [1.29, 1.82) is 0 Å². The van der Waals surface area contributed by atoms with Crippen LogP contribution < -0.4 is 0 Å². The van der Waals surface area contributed by atoms with E-state index in [1.54, 1.807) is 11.1 Å². The zero-order valence-corrected chi connectivity index (χ0v) is 15.1. The number of hydrogen-bond acceptors (Lipinski definition) is 4. The fraction of sp³-hybridized carbons (Fsp3) is 0.400. The Balaban J connectivity index is 1.99. The summed E-state index contributed by atoms with van der Waals surface area (Å²) in [6, 6.07) is 7.56. The molecule has 1 aliphatic heterocycles. The number of carbonyl (C=O) groups is 1. The molecule has 1 atom stereocenters. The van der Waals surface area contributed by atoms with Crippen molar-refractivity contribution >= 4 is 22.6 Å². The monoisotopic (exact) mass is 340 g/mol. The average molecular weight is 340 g/mol. The van der Waals surface area contributed by atoms with Crippen molar-refractivity contribution in [2.75, 3.05) is 6.54 Å². The Morgan fingerprint density at radius 2 is 2.08 bits per heavy atom. The number of carbonyl (C=O) groups excluding carboxylic acids is 1.